The van der Waals surface area contributed by atoms with E-state index in [-0.39, 0.29) is 0 Å². The van der Waals surface area contributed by atoms with E-state index in [1.54, 1.807) is 0 Å². The summed E-state index contributed by atoms with van der Waals surface area (Å²) in [5.74, 6) is 0. The third-order valence-corrected chi connectivity index (χ3v) is 2.66. The van der Waals surface area contributed by atoms with Crippen LogP contribution in [0.4, 0.5) is 0 Å². The van der Waals surface area contributed by atoms with Gasteiger partial charge in [0.15, 0.2) is 0 Å². The smallest absolute Gasteiger partial charge is 0.0427 e. The highest BCUT2D eigenvalue weighted by Gasteiger charge is 2.03. The minimum atomic E-state index is 0.873. The van der Waals surface area contributed by atoms with E-state index in [1.807, 2.05) is 12.2 Å². The van der Waals surface area contributed by atoms with E-state index in [4.69, 9.17) is 5.73 Å². The van der Waals surface area contributed by atoms with Gasteiger partial charge in [0.1, 0.15) is 0 Å². The molecule has 0 aromatic heterocycles. The molecule has 0 saturated heterocycles. The van der Waals surface area contributed by atoms with Crippen LogP contribution in [-0.2, 0) is 0 Å². The molecule has 1 rings (SSSR count). The van der Waals surface area contributed by atoms with Crippen molar-refractivity contribution in [3.63, 3.8) is 0 Å². The van der Waals surface area contributed by atoms with E-state index in [9.17, 15) is 0 Å². The first-order valence-electron chi connectivity index (χ1n) is 6.01. The van der Waals surface area contributed by atoms with Crippen molar-refractivity contribution in [3.8, 4) is 0 Å². The van der Waals surface area contributed by atoms with Crippen LogP contribution in [0, 0.1) is 0 Å². The Balaban J connectivity index is 2.69. The predicted molar refractivity (Wildman–Crippen MR) is 70.9 cm³/mol. The van der Waals surface area contributed by atoms with Gasteiger partial charge in [0.25, 0.3) is 0 Å². The van der Waals surface area contributed by atoms with Crippen LogP contribution in [0.1, 0.15) is 39.0 Å². The second-order valence-electron chi connectivity index (χ2n) is 4.06. The highest BCUT2D eigenvalue weighted by Crippen LogP contribution is 2.18. The molecule has 0 fully saturated rings. The lowest BCUT2D eigenvalue weighted by Crippen LogP contribution is -2.01. The summed E-state index contributed by atoms with van der Waals surface area (Å²) in [6.07, 6.45) is 13.5. The van der Waals surface area contributed by atoms with Gasteiger partial charge in [0.05, 0.1) is 0 Å². The van der Waals surface area contributed by atoms with Crippen LogP contribution in [0.15, 0.2) is 53.5 Å². The van der Waals surface area contributed by atoms with Crippen molar-refractivity contribution in [2.75, 3.05) is 0 Å². The average Bonchev–Trinajstić information content (AvgIpc) is 2.46. The molecule has 0 aromatic carbocycles. The van der Waals surface area contributed by atoms with E-state index >= 15 is 0 Å². The van der Waals surface area contributed by atoms with E-state index in [0.29, 0.717) is 0 Å². The Morgan fingerprint density at radius 2 is 2.25 bits per heavy atom. The summed E-state index contributed by atoms with van der Waals surface area (Å²) in [4.78, 5) is 0. The van der Waals surface area contributed by atoms with Gasteiger partial charge < -0.3 is 5.73 Å². The van der Waals surface area contributed by atoms with E-state index < -0.39 is 0 Å². The highest BCUT2D eigenvalue weighted by molar-refractivity contribution is 5.39. The van der Waals surface area contributed by atoms with Crippen LogP contribution in [0.3, 0.4) is 0 Å². The number of hydrogen-bond acceptors (Lipinski definition) is 1. The van der Waals surface area contributed by atoms with Gasteiger partial charge in [0, 0.05) is 11.3 Å². The fraction of sp³-hybridized carbons (Fsp3) is 0.400. The Hall–Kier alpha value is -1.46. The largest absolute Gasteiger partial charge is 0.398 e. The molecule has 0 atom stereocenters. The minimum Gasteiger partial charge on any atom is -0.398 e. The van der Waals surface area contributed by atoms with Crippen LogP contribution in [0.5, 0.6) is 0 Å². The van der Waals surface area contributed by atoms with Crippen molar-refractivity contribution >= 4 is 0 Å². The maximum atomic E-state index is 6.06. The maximum absolute atomic E-state index is 6.06. The fourth-order valence-electron chi connectivity index (χ4n) is 1.66. The lowest BCUT2D eigenvalue weighted by atomic mass is 10.0. The summed E-state index contributed by atoms with van der Waals surface area (Å²) in [7, 11) is 0. The van der Waals surface area contributed by atoms with Crippen LogP contribution >= 0.6 is 0 Å². The van der Waals surface area contributed by atoms with Gasteiger partial charge in [-0.25, -0.2) is 0 Å². The van der Waals surface area contributed by atoms with E-state index in [0.717, 1.165) is 30.5 Å². The molecule has 1 aliphatic carbocycles. The first-order chi connectivity index (χ1) is 7.77. The number of rotatable bonds is 6. The second kappa shape index (κ2) is 6.92. The monoisotopic (exact) mass is 215 g/mol. The molecule has 0 bridgehead atoms. The van der Waals surface area contributed by atoms with Gasteiger partial charge in [-0.15, -0.1) is 12.3 Å². The van der Waals surface area contributed by atoms with Crippen LogP contribution in [-0.4, -0.2) is 0 Å². The fourth-order valence-corrected chi connectivity index (χ4v) is 1.66. The normalized spacial score (nSPS) is 14.9. The highest BCUT2D eigenvalue weighted by atomic mass is 14.6. The predicted octanol–water partition coefficient (Wildman–Crippen LogP) is 4.01. The first kappa shape index (κ1) is 12.6. The van der Waals surface area contributed by atoms with Crippen LogP contribution < -0.4 is 5.73 Å². The van der Waals surface area contributed by atoms with Crippen molar-refractivity contribution < 1.29 is 0 Å². The Morgan fingerprint density at radius 3 is 2.94 bits per heavy atom. The average molecular weight is 215 g/mol. The first-order valence-corrected chi connectivity index (χ1v) is 6.01. The minimum absolute atomic E-state index is 0.873. The summed E-state index contributed by atoms with van der Waals surface area (Å²) in [6.45, 7) is 5.92. The molecule has 0 aromatic rings. The van der Waals surface area contributed by atoms with Crippen molar-refractivity contribution in [1.82, 2.24) is 0 Å². The molecule has 0 saturated carbocycles. The number of allylic oxidation sites excluding steroid dienone is 5. The Bertz CT molecular complexity index is 363. The molecular formula is C15H21N. The Labute approximate surface area is 98.7 Å². The summed E-state index contributed by atoms with van der Waals surface area (Å²) >= 11 is 0. The molecule has 1 nitrogen and oxygen atoms in total. The molecule has 0 radical (unpaired) electrons. The zero-order valence-electron chi connectivity index (χ0n) is 10.1. The van der Waals surface area contributed by atoms with Gasteiger partial charge in [-0.05, 0) is 43.4 Å². The molecule has 0 spiro atoms. The third kappa shape index (κ3) is 3.96. The van der Waals surface area contributed by atoms with Crippen LogP contribution in [0.2, 0.25) is 0 Å². The SMILES string of the molecule is C=CCCC1=CC=C=C(CCCC)C(N)=C1. The number of unbranched alkanes of at least 4 members (excludes halogenated alkanes) is 1. The molecule has 0 aliphatic heterocycles. The zero-order valence-corrected chi connectivity index (χ0v) is 10.1. The van der Waals surface area contributed by atoms with Gasteiger partial charge in [-0.1, -0.05) is 25.5 Å². The molecule has 0 amide bonds. The quantitative estimate of drug-likeness (QED) is 0.526. The standard InChI is InChI=1S/C15H21N/c1-3-5-8-13-9-7-11-14(10-6-4-2)15(16)12-13/h3,7,9,12H,1,4-6,8,10,16H2,2H3. The van der Waals surface area contributed by atoms with E-state index in [2.05, 4.69) is 31.4 Å². The summed E-state index contributed by atoms with van der Waals surface area (Å²) < 4.78 is 0. The molecule has 1 aliphatic rings. The summed E-state index contributed by atoms with van der Waals surface area (Å²) in [5.41, 5.74) is 12.6. The lowest BCUT2D eigenvalue weighted by molar-refractivity contribution is 0.790. The number of nitrogens with two attached hydrogens (primary N) is 1. The van der Waals surface area contributed by atoms with Crippen molar-refractivity contribution in [3.05, 3.63) is 53.5 Å². The van der Waals surface area contributed by atoms with Gasteiger partial charge >= 0.3 is 0 Å². The molecule has 2 N–H and O–H groups in total. The molecule has 0 heterocycles. The lowest BCUT2D eigenvalue weighted by Gasteiger charge is -2.04. The van der Waals surface area contributed by atoms with Crippen molar-refractivity contribution in [1.29, 1.82) is 0 Å². The summed E-state index contributed by atoms with van der Waals surface area (Å²) in [5, 5.41) is 0. The second-order valence-corrected chi connectivity index (χ2v) is 4.06. The van der Waals surface area contributed by atoms with Gasteiger partial charge in [0.2, 0.25) is 0 Å². The van der Waals surface area contributed by atoms with Crippen molar-refractivity contribution in [2.24, 2.45) is 5.73 Å². The maximum Gasteiger partial charge on any atom is 0.0427 e. The summed E-state index contributed by atoms with van der Waals surface area (Å²) in [6, 6.07) is 0. The van der Waals surface area contributed by atoms with E-state index in [1.165, 1.54) is 18.4 Å². The third-order valence-electron chi connectivity index (χ3n) is 2.66. The van der Waals surface area contributed by atoms with Crippen molar-refractivity contribution in [2.45, 2.75) is 39.0 Å². The zero-order chi connectivity index (χ0) is 11.8. The molecule has 16 heavy (non-hydrogen) atoms. The Kier molecular flexibility index (Phi) is 5.45. The molecule has 86 valence electrons. The van der Waals surface area contributed by atoms with Gasteiger partial charge in [-0.3, -0.25) is 0 Å². The topological polar surface area (TPSA) is 26.0 Å². The molecule has 1 heteroatoms. The molecular weight excluding hydrogens is 194 g/mol. The number of hydrogen-bond donors (Lipinski definition) is 1. The van der Waals surface area contributed by atoms with Gasteiger partial charge in [-0.2, -0.15) is 0 Å². The van der Waals surface area contributed by atoms with Crippen LogP contribution in [0.25, 0.3) is 0 Å². The Morgan fingerprint density at radius 1 is 1.44 bits per heavy atom. The molecule has 0 unspecified atom stereocenters.